The lowest BCUT2D eigenvalue weighted by Crippen LogP contribution is -2.14. The highest BCUT2D eigenvalue weighted by atomic mass is 35.5. The number of benzene rings is 2. The van der Waals surface area contributed by atoms with E-state index in [0.717, 1.165) is 40.5 Å². The number of nitrogen functional groups attached to an aromatic ring is 1. The average molecular weight is 257 g/mol. The molecule has 0 saturated carbocycles. The maximum atomic E-state index is 6.08. The zero-order valence-corrected chi connectivity index (χ0v) is 10.6. The van der Waals surface area contributed by atoms with Gasteiger partial charge in [-0.25, -0.2) is 0 Å². The van der Waals surface area contributed by atoms with Gasteiger partial charge in [0.2, 0.25) is 0 Å². The third-order valence-electron chi connectivity index (χ3n) is 3.16. The minimum absolute atomic E-state index is 0.749. The first-order valence-electron chi connectivity index (χ1n) is 5.93. The van der Waals surface area contributed by atoms with Crippen molar-refractivity contribution in [2.45, 2.75) is 6.42 Å². The van der Waals surface area contributed by atoms with Crippen LogP contribution in [0.5, 0.6) is 0 Å². The molecule has 2 N–H and O–H groups in total. The molecule has 1 heterocycles. The summed E-state index contributed by atoms with van der Waals surface area (Å²) in [6.45, 7) is 0.828. The lowest BCUT2D eigenvalue weighted by Gasteiger charge is -2.17. The van der Waals surface area contributed by atoms with Crippen LogP contribution in [0.4, 0.5) is 5.69 Å². The van der Waals surface area contributed by atoms with Crippen LogP contribution in [0.2, 0.25) is 5.02 Å². The van der Waals surface area contributed by atoms with E-state index in [1.807, 2.05) is 36.4 Å². The van der Waals surface area contributed by atoms with Gasteiger partial charge < -0.3 is 5.73 Å². The highest BCUT2D eigenvalue weighted by Gasteiger charge is 2.15. The molecule has 0 saturated heterocycles. The van der Waals surface area contributed by atoms with Gasteiger partial charge in [0, 0.05) is 28.4 Å². The smallest absolute Gasteiger partial charge is 0.0722 e. The predicted octanol–water partition coefficient (Wildman–Crippen LogP) is 3.32. The van der Waals surface area contributed by atoms with Crippen molar-refractivity contribution >= 4 is 23.0 Å². The summed E-state index contributed by atoms with van der Waals surface area (Å²) >= 11 is 6.08. The van der Waals surface area contributed by atoms with Gasteiger partial charge in [-0.05, 0) is 36.2 Å². The summed E-state index contributed by atoms with van der Waals surface area (Å²) in [6, 6.07) is 13.8. The van der Waals surface area contributed by atoms with Crippen molar-refractivity contribution in [3.05, 3.63) is 64.2 Å². The molecule has 2 nitrogen and oxygen atoms in total. The molecular weight excluding hydrogens is 244 g/mol. The standard InChI is InChI=1S/C15H13ClN2/c16-12-4-1-10-7-8-18-15(14(10)9-12)11-2-5-13(17)6-3-11/h1-6,9H,7-8,17H2. The molecule has 2 aromatic rings. The Labute approximate surface area is 111 Å². The van der Waals surface area contributed by atoms with E-state index < -0.39 is 0 Å². The Morgan fingerprint density at radius 3 is 2.61 bits per heavy atom. The van der Waals surface area contributed by atoms with Crippen molar-refractivity contribution in [3.8, 4) is 0 Å². The molecule has 0 fully saturated rings. The largest absolute Gasteiger partial charge is 0.399 e. The molecule has 1 aliphatic heterocycles. The van der Waals surface area contributed by atoms with Crippen LogP contribution in [0, 0.1) is 0 Å². The van der Waals surface area contributed by atoms with E-state index >= 15 is 0 Å². The van der Waals surface area contributed by atoms with E-state index in [4.69, 9.17) is 17.3 Å². The third-order valence-corrected chi connectivity index (χ3v) is 3.40. The zero-order chi connectivity index (χ0) is 12.5. The summed E-state index contributed by atoms with van der Waals surface area (Å²) in [5, 5.41) is 0.749. The number of nitrogens with zero attached hydrogens (tertiary/aromatic N) is 1. The summed E-state index contributed by atoms with van der Waals surface area (Å²) < 4.78 is 0. The Morgan fingerprint density at radius 2 is 1.83 bits per heavy atom. The molecule has 2 aromatic carbocycles. The number of rotatable bonds is 1. The van der Waals surface area contributed by atoms with E-state index in [1.54, 1.807) is 0 Å². The molecule has 0 aliphatic carbocycles. The fourth-order valence-electron chi connectivity index (χ4n) is 2.25. The van der Waals surface area contributed by atoms with Gasteiger partial charge in [0.1, 0.15) is 0 Å². The van der Waals surface area contributed by atoms with Crippen LogP contribution in [-0.4, -0.2) is 12.3 Å². The maximum Gasteiger partial charge on any atom is 0.0722 e. The summed E-state index contributed by atoms with van der Waals surface area (Å²) in [6.07, 6.45) is 0.977. The fourth-order valence-corrected chi connectivity index (χ4v) is 2.42. The van der Waals surface area contributed by atoms with Crippen molar-refractivity contribution < 1.29 is 0 Å². The molecule has 0 bridgehead atoms. The van der Waals surface area contributed by atoms with Crippen molar-refractivity contribution in [3.63, 3.8) is 0 Å². The highest BCUT2D eigenvalue weighted by Crippen LogP contribution is 2.24. The van der Waals surface area contributed by atoms with Gasteiger partial charge >= 0.3 is 0 Å². The maximum absolute atomic E-state index is 6.08. The molecule has 0 unspecified atom stereocenters. The van der Waals surface area contributed by atoms with Gasteiger partial charge in [-0.1, -0.05) is 29.8 Å². The Hall–Kier alpha value is -1.80. The second-order valence-electron chi connectivity index (χ2n) is 4.40. The van der Waals surface area contributed by atoms with E-state index in [9.17, 15) is 0 Å². The summed E-state index contributed by atoms with van der Waals surface area (Å²) in [5.74, 6) is 0. The number of hydrogen-bond donors (Lipinski definition) is 1. The minimum atomic E-state index is 0.749. The number of hydrogen-bond acceptors (Lipinski definition) is 2. The second-order valence-corrected chi connectivity index (χ2v) is 4.84. The first kappa shape index (κ1) is 11.3. The first-order chi connectivity index (χ1) is 8.74. The van der Waals surface area contributed by atoms with E-state index in [-0.39, 0.29) is 0 Å². The lowest BCUT2D eigenvalue weighted by atomic mass is 9.93. The number of anilines is 1. The molecule has 18 heavy (non-hydrogen) atoms. The lowest BCUT2D eigenvalue weighted by molar-refractivity contribution is 0.944. The fraction of sp³-hybridized carbons (Fsp3) is 0.133. The van der Waals surface area contributed by atoms with Crippen LogP contribution in [0.1, 0.15) is 16.7 Å². The van der Waals surface area contributed by atoms with Gasteiger partial charge in [-0.2, -0.15) is 0 Å². The summed E-state index contributed by atoms with van der Waals surface area (Å²) in [7, 11) is 0. The normalized spacial score (nSPS) is 13.9. The summed E-state index contributed by atoms with van der Waals surface area (Å²) in [4.78, 5) is 4.63. The van der Waals surface area contributed by atoms with E-state index in [0.29, 0.717) is 0 Å². The Balaban J connectivity index is 2.11. The van der Waals surface area contributed by atoms with Crippen LogP contribution < -0.4 is 5.73 Å². The minimum Gasteiger partial charge on any atom is -0.399 e. The van der Waals surface area contributed by atoms with Crippen LogP contribution >= 0.6 is 11.6 Å². The van der Waals surface area contributed by atoms with Crippen LogP contribution in [-0.2, 0) is 6.42 Å². The molecule has 0 amide bonds. The molecule has 90 valence electrons. The Bertz CT molecular complexity index is 615. The van der Waals surface area contributed by atoms with Gasteiger partial charge in [0.25, 0.3) is 0 Å². The topological polar surface area (TPSA) is 38.4 Å². The van der Waals surface area contributed by atoms with Gasteiger partial charge in [-0.15, -0.1) is 0 Å². The van der Waals surface area contributed by atoms with Gasteiger partial charge in [0.15, 0.2) is 0 Å². The second kappa shape index (κ2) is 4.46. The summed E-state index contributed by atoms with van der Waals surface area (Å²) in [5.41, 5.74) is 11.0. The van der Waals surface area contributed by atoms with Gasteiger partial charge in [-0.3, -0.25) is 4.99 Å². The molecule has 3 rings (SSSR count). The quantitative estimate of drug-likeness (QED) is 0.781. The van der Waals surface area contributed by atoms with Crippen molar-refractivity contribution in [1.29, 1.82) is 0 Å². The van der Waals surface area contributed by atoms with Crippen LogP contribution in [0.3, 0.4) is 0 Å². The number of fused-ring (bicyclic) bond motifs is 1. The molecular formula is C15H13ClN2. The highest BCUT2D eigenvalue weighted by molar-refractivity contribution is 6.31. The Morgan fingerprint density at radius 1 is 1.06 bits per heavy atom. The predicted molar refractivity (Wildman–Crippen MR) is 76.5 cm³/mol. The van der Waals surface area contributed by atoms with Crippen molar-refractivity contribution in [2.75, 3.05) is 12.3 Å². The molecule has 0 spiro atoms. The Kier molecular flexibility index (Phi) is 2.80. The van der Waals surface area contributed by atoms with Gasteiger partial charge in [0.05, 0.1) is 5.71 Å². The number of halogens is 1. The molecule has 0 radical (unpaired) electrons. The SMILES string of the molecule is Nc1ccc(C2=NCCc3ccc(Cl)cc32)cc1. The van der Waals surface area contributed by atoms with E-state index in [1.165, 1.54) is 5.56 Å². The zero-order valence-electron chi connectivity index (χ0n) is 9.86. The number of nitrogens with two attached hydrogens (primary N) is 1. The monoisotopic (exact) mass is 256 g/mol. The average Bonchev–Trinajstić information content (AvgIpc) is 2.39. The molecule has 0 atom stereocenters. The molecule has 0 aromatic heterocycles. The van der Waals surface area contributed by atoms with E-state index in [2.05, 4.69) is 11.1 Å². The molecule has 1 aliphatic rings. The first-order valence-corrected chi connectivity index (χ1v) is 6.31. The van der Waals surface area contributed by atoms with Crippen LogP contribution in [0.15, 0.2) is 47.5 Å². The van der Waals surface area contributed by atoms with Crippen molar-refractivity contribution in [2.24, 2.45) is 4.99 Å². The van der Waals surface area contributed by atoms with Crippen molar-refractivity contribution in [1.82, 2.24) is 0 Å². The molecule has 3 heteroatoms. The number of aliphatic imine (C=N–C) groups is 1. The third kappa shape index (κ3) is 2.00. The van der Waals surface area contributed by atoms with Crippen LogP contribution in [0.25, 0.3) is 0 Å².